The number of rotatable bonds is 8. The zero-order chi connectivity index (χ0) is 20.1. The Labute approximate surface area is 172 Å². The number of fused-ring (bicyclic) bond motifs is 1. The predicted molar refractivity (Wildman–Crippen MR) is 113 cm³/mol. The minimum Gasteiger partial charge on any atom is -0.339 e. The Hall–Kier alpha value is -3.13. The van der Waals surface area contributed by atoms with Crippen molar-refractivity contribution in [3.05, 3.63) is 54.2 Å². The molecule has 0 unspecified atom stereocenters. The van der Waals surface area contributed by atoms with Crippen molar-refractivity contribution in [3.8, 4) is 11.4 Å². The van der Waals surface area contributed by atoms with Crippen molar-refractivity contribution in [2.45, 2.75) is 39.0 Å². The first kappa shape index (κ1) is 19.2. The van der Waals surface area contributed by atoms with E-state index in [9.17, 15) is 4.79 Å². The van der Waals surface area contributed by atoms with Crippen molar-refractivity contribution >= 4 is 32.6 Å². The van der Waals surface area contributed by atoms with Crippen molar-refractivity contribution in [3.63, 3.8) is 0 Å². The average molecular weight is 407 g/mol. The molecule has 0 saturated carbocycles. The van der Waals surface area contributed by atoms with Crippen molar-refractivity contribution < 1.29 is 9.32 Å². The molecule has 0 fully saturated rings. The lowest BCUT2D eigenvalue weighted by Crippen LogP contribution is -2.12. The van der Waals surface area contributed by atoms with Crippen LogP contribution >= 0.6 is 11.3 Å². The van der Waals surface area contributed by atoms with Crippen molar-refractivity contribution in [1.82, 2.24) is 20.1 Å². The molecule has 7 nitrogen and oxygen atoms in total. The standard InChI is InChI=1S/C21H21N5O2S/c1-2-3-4-14-5-6-16-17(13-14)29-21(23-16)24-18(27)7-8-19-25-20(26-28-19)15-9-11-22-12-10-15/h5-6,9-13H,2-4,7-8H2,1H3,(H,23,24,27). The van der Waals surface area contributed by atoms with Crippen LogP contribution in [0.1, 0.15) is 37.6 Å². The summed E-state index contributed by atoms with van der Waals surface area (Å²) in [6.45, 7) is 2.19. The molecular formula is C21H21N5O2S. The highest BCUT2D eigenvalue weighted by atomic mass is 32.1. The molecule has 0 saturated heterocycles. The lowest BCUT2D eigenvalue weighted by molar-refractivity contribution is -0.116. The van der Waals surface area contributed by atoms with Gasteiger partial charge >= 0.3 is 0 Å². The van der Waals surface area contributed by atoms with Gasteiger partial charge in [0, 0.05) is 30.8 Å². The van der Waals surface area contributed by atoms with Gasteiger partial charge < -0.3 is 9.84 Å². The van der Waals surface area contributed by atoms with Gasteiger partial charge in [-0.2, -0.15) is 4.98 Å². The fourth-order valence-electron chi connectivity index (χ4n) is 2.94. The molecule has 4 rings (SSSR count). The number of nitrogens with one attached hydrogen (secondary N) is 1. The Bertz CT molecular complexity index is 1110. The van der Waals surface area contributed by atoms with E-state index >= 15 is 0 Å². The molecule has 0 radical (unpaired) electrons. The molecule has 0 aliphatic heterocycles. The van der Waals surface area contributed by atoms with Gasteiger partial charge in [0.25, 0.3) is 0 Å². The summed E-state index contributed by atoms with van der Waals surface area (Å²) in [5.41, 5.74) is 3.04. The molecule has 0 spiro atoms. The van der Waals surface area contributed by atoms with Crippen molar-refractivity contribution in [1.29, 1.82) is 0 Å². The summed E-state index contributed by atoms with van der Waals surface area (Å²) >= 11 is 1.50. The van der Waals surface area contributed by atoms with E-state index in [0.717, 1.165) is 22.2 Å². The molecule has 29 heavy (non-hydrogen) atoms. The highest BCUT2D eigenvalue weighted by molar-refractivity contribution is 7.22. The monoisotopic (exact) mass is 407 g/mol. The van der Waals surface area contributed by atoms with E-state index < -0.39 is 0 Å². The summed E-state index contributed by atoms with van der Waals surface area (Å²) in [7, 11) is 0. The minimum absolute atomic E-state index is 0.126. The number of carbonyl (C=O) groups excluding carboxylic acids is 1. The number of aryl methyl sites for hydroxylation is 2. The first-order valence-electron chi connectivity index (χ1n) is 9.63. The smallest absolute Gasteiger partial charge is 0.227 e. The lowest BCUT2D eigenvalue weighted by atomic mass is 10.1. The number of benzene rings is 1. The third kappa shape index (κ3) is 4.83. The molecule has 0 atom stereocenters. The van der Waals surface area contributed by atoms with Crippen molar-refractivity contribution in [2.75, 3.05) is 5.32 Å². The molecule has 3 heterocycles. The largest absolute Gasteiger partial charge is 0.339 e. The van der Waals surface area contributed by atoms with Gasteiger partial charge in [0.05, 0.1) is 10.2 Å². The van der Waals surface area contributed by atoms with Gasteiger partial charge in [-0.3, -0.25) is 9.78 Å². The van der Waals surface area contributed by atoms with Gasteiger partial charge in [-0.25, -0.2) is 4.98 Å². The first-order chi connectivity index (χ1) is 14.2. The molecule has 0 bridgehead atoms. The molecule has 1 amide bonds. The van der Waals surface area contributed by atoms with Gasteiger partial charge in [-0.1, -0.05) is 35.9 Å². The van der Waals surface area contributed by atoms with Crippen LogP contribution in [0.4, 0.5) is 5.13 Å². The Morgan fingerprint density at radius 1 is 1.14 bits per heavy atom. The number of nitrogens with zero attached hydrogens (tertiary/aromatic N) is 4. The molecule has 1 N–H and O–H groups in total. The van der Waals surface area contributed by atoms with Crippen LogP contribution in [0.25, 0.3) is 21.6 Å². The van der Waals surface area contributed by atoms with Gasteiger partial charge in [0.1, 0.15) is 0 Å². The number of carbonyl (C=O) groups is 1. The normalized spacial score (nSPS) is 11.1. The Kier molecular flexibility index (Phi) is 5.90. The molecule has 1 aromatic carbocycles. The predicted octanol–water partition coefficient (Wildman–Crippen LogP) is 4.66. The van der Waals surface area contributed by atoms with E-state index in [0.29, 0.717) is 23.3 Å². The highest BCUT2D eigenvalue weighted by Crippen LogP contribution is 2.27. The topological polar surface area (TPSA) is 93.8 Å². The Morgan fingerprint density at radius 3 is 2.83 bits per heavy atom. The van der Waals surface area contributed by atoms with Crippen LogP contribution < -0.4 is 5.32 Å². The highest BCUT2D eigenvalue weighted by Gasteiger charge is 2.12. The second-order valence-electron chi connectivity index (χ2n) is 6.72. The maximum atomic E-state index is 12.3. The minimum atomic E-state index is -0.126. The summed E-state index contributed by atoms with van der Waals surface area (Å²) in [6.07, 6.45) is 7.37. The van der Waals surface area contributed by atoms with Crippen LogP contribution in [0.15, 0.2) is 47.2 Å². The summed E-state index contributed by atoms with van der Waals surface area (Å²) in [4.78, 5) is 25.1. The van der Waals surface area contributed by atoms with Crippen LogP contribution in [0.2, 0.25) is 0 Å². The van der Waals surface area contributed by atoms with E-state index in [-0.39, 0.29) is 12.3 Å². The second-order valence-corrected chi connectivity index (χ2v) is 7.75. The number of anilines is 1. The molecule has 0 aliphatic carbocycles. The van der Waals surface area contributed by atoms with Crippen molar-refractivity contribution in [2.24, 2.45) is 0 Å². The summed E-state index contributed by atoms with van der Waals surface area (Å²) in [5, 5.41) is 7.44. The quantitative estimate of drug-likeness (QED) is 0.457. The lowest BCUT2D eigenvalue weighted by Gasteiger charge is -1.98. The Morgan fingerprint density at radius 2 is 2.00 bits per heavy atom. The van der Waals surface area contributed by atoms with Gasteiger partial charge in [0.2, 0.25) is 17.6 Å². The number of pyridine rings is 1. The molecule has 0 aliphatic rings. The summed E-state index contributed by atoms with van der Waals surface area (Å²) < 4.78 is 6.33. The number of amides is 1. The fourth-order valence-corrected chi connectivity index (χ4v) is 3.88. The van der Waals surface area contributed by atoms with Crippen LogP contribution in [-0.4, -0.2) is 26.0 Å². The molecule has 8 heteroatoms. The van der Waals surface area contributed by atoms with Gasteiger partial charge in [-0.15, -0.1) is 0 Å². The second kappa shape index (κ2) is 8.91. The van der Waals surface area contributed by atoms with E-state index in [1.54, 1.807) is 12.4 Å². The number of unbranched alkanes of at least 4 members (excludes halogenated alkanes) is 1. The molecular weight excluding hydrogens is 386 g/mol. The third-order valence-corrected chi connectivity index (χ3v) is 5.42. The molecule has 3 aromatic heterocycles. The maximum absolute atomic E-state index is 12.3. The van der Waals surface area contributed by atoms with E-state index in [4.69, 9.17) is 4.52 Å². The molecule has 148 valence electrons. The van der Waals surface area contributed by atoms with E-state index in [1.165, 1.54) is 29.7 Å². The van der Waals surface area contributed by atoms with E-state index in [1.807, 2.05) is 18.2 Å². The van der Waals surface area contributed by atoms with Gasteiger partial charge in [0.15, 0.2) is 5.13 Å². The summed E-state index contributed by atoms with van der Waals surface area (Å²) in [6, 6.07) is 9.91. The number of aromatic nitrogens is 4. The number of hydrogen-bond acceptors (Lipinski definition) is 7. The zero-order valence-electron chi connectivity index (χ0n) is 16.1. The average Bonchev–Trinajstić information content (AvgIpc) is 3.37. The van der Waals surface area contributed by atoms with Crippen LogP contribution in [0, 0.1) is 0 Å². The van der Waals surface area contributed by atoms with E-state index in [2.05, 4.69) is 44.5 Å². The Balaban J connectivity index is 1.34. The van der Waals surface area contributed by atoms with Crippen LogP contribution in [0.3, 0.4) is 0 Å². The zero-order valence-corrected chi connectivity index (χ0v) is 16.9. The maximum Gasteiger partial charge on any atom is 0.227 e. The van der Waals surface area contributed by atoms with Crippen LogP contribution in [0.5, 0.6) is 0 Å². The first-order valence-corrected chi connectivity index (χ1v) is 10.4. The number of thiazole rings is 1. The van der Waals surface area contributed by atoms with Crippen LogP contribution in [-0.2, 0) is 17.6 Å². The number of hydrogen-bond donors (Lipinski definition) is 1. The SMILES string of the molecule is CCCCc1ccc2nc(NC(=O)CCc3nc(-c4ccncc4)no3)sc2c1. The third-order valence-electron chi connectivity index (χ3n) is 4.49. The summed E-state index contributed by atoms with van der Waals surface area (Å²) in [5.74, 6) is 0.795. The molecule has 4 aromatic rings. The van der Waals surface area contributed by atoms with Gasteiger partial charge in [-0.05, 0) is 42.7 Å². The fraction of sp³-hybridized carbons (Fsp3) is 0.286.